The summed E-state index contributed by atoms with van der Waals surface area (Å²) in [5.74, 6) is 0.332. The Bertz CT molecular complexity index is 583. The van der Waals surface area contributed by atoms with Gasteiger partial charge >= 0.3 is 0 Å². The van der Waals surface area contributed by atoms with E-state index in [4.69, 9.17) is 0 Å². The van der Waals surface area contributed by atoms with Crippen LogP contribution in [0.1, 0.15) is 5.56 Å². The first-order valence-corrected chi connectivity index (χ1v) is 6.46. The molecule has 0 spiro atoms. The minimum atomic E-state index is -0.238. The molecule has 0 aliphatic carbocycles. The van der Waals surface area contributed by atoms with Crippen molar-refractivity contribution in [3.63, 3.8) is 0 Å². The molecule has 0 amide bonds. The summed E-state index contributed by atoms with van der Waals surface area (Å²) in [4.78, 5) is 17.9. The van der Waals surface area contributed by atoms with Gasteiger partial charge in [-0.2, -0.15) is 0 Å². The molecule has 0 unspecified atom stereocenters. The third kappa shape index (κ3) is 3.28. The van der Waals surface area contributed by atoms with Gasteiger partial charge in [-0.05, 0) is 46.7 Å². The van der Waals surface area contributed by atoms with Crippen LogP contribution in [-0.4, -0.2) is 16.5 Å². The molecule has 18 heavy (non-hydrogen) atoms. The minimum absolute atomic E-state index is 0.158. The van der Waals surface area contributed by atoms with Gasteiger partial charge in [-0.15, -0.1) is 0 Å². The molecule has 0 saturated carbocycles. The molecule has 2 N–H and O–H groups in total. The van der Waals surface area contributed by atoms with E-state index in [-0.39, 0.29) is 11.4 Å². The maximum atomic E-state index is 12.7. The van der Waals surface area contributed by atoms with Crippen LogP contribution in [-0.2, 0) is 6.42 Å². The summed E-state index contributed by atoms with van der Waals surface area (Å²) in [6, 6.07) is 6.36. The average molecular weight is 359 g/mol. The lowest BCUT2D eigenvalue weighted by Crippen LogP contribution is -2.16. The third-order valence-electron chi connectivity index (χ3n) is 2.42. The number of aromatic nitrogens is 2. The zero-order valence-corrected chi connectivity index (χ0v) is 11.6. The molecule has 6 heteroatoms. The molecule has 1 aromatic carbocycles. The van der Waals surface area contributed by atoms with Gasteiger partial charge in [0.25, 0.3) is 5.56 Å². The fraction of sp³-hybridized carbons (Fsp3) is 0.167. The highest BCUT2D eigenvalue weighted by molar-refractivity contribution is 14.1. The Balaban J connectivity index is 1.94. The van der Waals surface area contributed by atoms with Gasteiger partial charge in [-0.3, -0.25) is 4.79 Å². The van der Waals surface area contributed by atoms with Crippen LogP contribution >= 0.6 is 22.6 Å². The van der Waals surface area contributed by atoms with Gasteiger partial charge in [0.15, 0.2) is 0 Å². The largest absolute Gasteiger partial charge is 0.369 e. The van der Waals surface area contributed by atoms with E-state index in [9.17, 15) is 9.18 Å². The first-order valence-electron chi connectivity index (χ1n) is 5.38. The van der Waals surface area contributed by atoms with E-state index in [1.54, 1.807) is 12.1 Å². The lowest BCUT2D eigenvalue weighted by atomic mass is 10.1. The lowest BCUT2D eigenvalue weighted by Gasteiger charge is -2.06. The summed E-state index contributed by atoms with van der Waals surface area (Å²) in [6.45, 7) is 0.637. The van der Waals surface area contributed by atoms with E-state index >= 15 is 0 Å². The molecule has 0 radical (unpaired) electrons. The normalized spacial score (nSPS) is 10.3. The van der Waals surface area contributed by atoms with Crippen LogP contribution in [0.2, 0.25) is 0 Å². The van der Waals surface area contributed by atoms with Crippen molar-refractivity contribution in [1.82, 2.24) is 9.97 Å². The molecule has 1 heterocycles. The Morgan fingerprint density at radius 1 is 1.33 bits per heavy atom. The summed E-state index contributed by atoms with van der Waals surface area (Å²) in [5, 5.41) is 3.08. The topological polar surface area (TPSA) is 57.8 Å². The van der Waals surface area contributed by atoms with Crippen molar-refractivity contribution in [2.75, 3.05) is 11.9 Å². The highest BCUT2D eigenvalue weighted by atomic mass is 127. The molecular weight excluding hydrogens is 348 g/mol. The third-order valence-corrected chi connectivity index (χ3v) is 3.42. The molecule has 4 nitrogen and oxygen atoms in total. The average Bonchev–Trinajstić information content (AvgIpc) is 2.37. The second-order valence-corrected chi connectivity index (χ2v) is 4.78. The molecule has 0 fully saturated rings. The summed E-state index contributed by atoms with van der Waals surface area (Å²) in [6.07, 6.45) is 2.11. The van der Waals surface area contributed by atoms with Gasteiger partial charge in [0.1, 0.15) is 15.2 Å². The number of nitrogens with one attached hydrogen (secondary N) is 2. The number of anilines is 1. The highest BCUT2D eigenvalue weighted by Crippen LogP contribution is 2.09. The predicted molar refractivity (Wildman–Crippen MR) is 76.2 cm³/mol. The second-order valence-electron chi connectivity index (χ2n) is 3.70. The van der Waals surface area contributed by atoms with Gasteiger partial charge in [-0.1, -0.05) is 12.1 Å². The predicted octanol–water partition coefficient (Wildman–Crippen LogP) is 2.17. The Labute approximate surface area is 117 Å². The maximum Gasteiger partial charge on any atom is 0.266 e. The van der Waals surface area contributed by atoms with E-state index in [2.05, 4.69) is 15.3 Å². The Kier molecular flexibility index (Phi) is 4.29. The molecule has 0 atom stereocenters. The van der Waals surface area contributed by atoms with Gasteiger partial charge in [0, 0.05) is 6.54 Å². The number of benzene rings is 1. The molecular formula is C12H11FIN3O. The smallest absolute Gasteiger partial charge is 0.266 e. The maximum absolute atomic E-state index is 12.7. The van der Waals surface area contributed by atoms with Crippen LogP contribution in [0.5, 0.6) is 0 Å². The molecule has 0 saturated heterocycles. The first-order chi connectivity index (χ1) is 8.66. The lowest BCUT2D eigenvalue weighted by molar-refractivity contribution is 0.627. The SMILES string of the molecule is O=c1[nH]cnc(NCCc2ccc(F)cc2)c1I. The van der Waals surface area contributed by atoms with Crippen molar-refractivity contribution in [2.24, 2.45) is 0 Å². The van der Waals surface area contributed by atoms with Gasteiger partial charge < -0.3 is 10.3 Å². The van der Waals surface area contributed by atoms with E-state index in [0.29, 0.717) is 15.9 Å². The zero-order valence-electron chi connectivity index (χ0n) is 9.41. The standard InChI is InChI=1S/C12H11FIN3O/c13-9-3-1-8(2-4-9)5-6-15-11-10(14)12(18)17-7-16-11/h1-4,7H,5-6H2,(H2,15,16,17,18). The van der Waals surface area contributed by atoms with Crippen molar-refractivity contribution in [3.8, 4) is 0 Å². The number of rotatable bonds is 4. The van der Waals surface area contributed by atoms with Crippen molar-refractivity contribution in [3.05, 3.63) is 55.9 Å². The van der Waals surface area contributed by atoms with Crippen LogP contribution in [0.15, 0.2) is 35.4 Å². The second kappa shape index (κ2) is 5.94. The summed E-state index contributed by atoms with van der Waals surface area (Å²) in [7, 11) is 0. The molecule has 2 aromatic rings. The monoisotopic (exact) mass is 359 g/mol. The van der Waals surface area contributed by atoms with Gasteiger partial charge in [0.05, 0.1) is 6.33 Å². The number of hydrogen-bond acceptors (Lipinski definition) is 3. The van der Waals surface area contributed by atoms with E-state index in [1.165, 1.54) is 18.5 Å². The Morgan fingerprint density at radius 2 is 2.06 bits per heavy atom. The molecule has 2 rings (SSSR count). The molecule has 1 aromatic heterocycles. The van der Waals surface area contributed by atoms with Crippen LogP contribution in [0.25, 0.3) is 0 Å². The Morgan fingerprint density at radius 3 is 2.78 bits per heavy atom. The quantitative estimate of drug-likeness (QED) is 0.823. The summed E-state index contributed by atoms with van der Waals surface area (Å²) < 4.78 is 13.2. The van der Waals surface area contributed by atoms with Crippen molar-refractivity contribution in [2.45, 2.75) is 6.42 Å². The van der Waals surface area contributed by atoms with Crippen LogP contribution in [0, 0.1) is 9.39 Å². The van der Waals surface area contributed by atoms with Crippen molar-refractivity contribution >= 4 is 28.4 Å². The minimum Gasteiger partial charge on any atom is -0.369 e. The van der Waals surface area contributed by atoms with E-state index in [1.807, 2.05) is 22.6 Å². The number of halogens is 2. The van der Waals surface area contributed by atoms with Gasteiger partial charge in [-0.25, -0.2) is 9.37 Å². The number of nitrogens with zero attached hydrogens (tertiary/aromatic N) is 1. The zero-order chi connectivity index (χ0) is 13.0. The van der Waals surface area contributed by atoms with Gasteiger partial charge in [0.2, 0.25) is 0 Å². The number of hydrogen-bond donors (Lipinski definition) is 2. The summed E-state index contributed by atoms with van der Waals surface area (Å²) in [5.41, 5.74) is 0.874. The fourth-order valence-corrected chi connectivity index (χ4v) is 1.97. The van der Waals surface area contributed by atoms with E-state index in [0.717, 1.165) is 12.0 Å². The molecule has 94 valence electrons. The number of H-pyrrole nitrogens is 1. The van der Waals surface area contributed by atoms with Crippen LogP contribution in [0.4, 0.5) is 10.2 Å². The Hall–Kier alpha value is -1.44. The van der Waals surface area contributed by atoms with Crippen LogP contribution < -0.4 is 10.9 Å². The number of aromatic amines is 1. The fourth-order valence-electron chi connectivity index (χ4n) is 1.48. The van der Waals surface area contributed by atoms with Crippen molar-refractivity contribution in [1.29, 1.82) is 0 Å². The van der Waals surface area contributed by atoms with E-state index < -0.39 is 0 Å². The molecule has 0 aliphatic rings. The molecule has 0 bridgehead atoms. The van der Waals surface area contributed by atoms with Crippen molar-refractivity contribution < 1.29 is 4.39 Å². The molecule has 0 aliphatic heterocycles. The van der Waals surface area contributed by atoms with Crippen LogP contribution in [0.3, 0.4) is 0 Å². The highest BCUT2D eigenvalue weighted by Gasteiger charge is 2.03. The first kappa shape index (κ1) is 13.0. The summed E-state index contributed by atoms with van der Waals surface area (Å²) >= 11 is 1.95.